The van der Waals surface area contributed by atoms with Gasteiger partial charge in [-0.1, -0.05) is 32.6 Å². The molecule has 2 rings (SSSR count). The first kappa shape index (κ1) is 11.4. The molecule has 2 aliphatic carbocycles. The topological polar surface area (TPSA) is 12.0 Å². The minimum absolute atomic E-state index is 0.989. The van der Waals surface area contributed by atoms with Gasteiger partial charge in [0.25, 0.3) is 0 Å². The molecule has 0 radical (unpaired) electrons. The van der Waals surface area contributed by atoms with E-state index in [1.807, 2.05) is 0 Å². The smallest absolute Gasteiger partial charge is 0.00204 e. The second-order valence-corrected chi connectivity index (χ2v) is 5.93. The summed E-state index contributed by atoms with van der Waals surface area (Å²) in [4.78, 5) is 0. The zero-order valence-electron chi connectivity index (χ0n) is 10.3. The highest BCUT2D eigenvalue weighted by molar-refractivity contribution is 4.74. The van der Waals surface area contributed by atoms with Gasteiger partial charge in [0.2, 0.25) is 0 Å². The molecule has 0 aromatic carbocycles. The molecule has 0 aliphatic heterocycles. The Morgan fingerprint density at radius 1 is 0.800 bits per heavy atom. The Morgan fingerprint density at radius 3 is 1.93 bits per heavy atom. The van der Waals surface area contributed by atoms with Gasteiger partial charge in [-0.3, -0.25) is 0 Å². The van der Waals surface area contributed by atoms with Gasteiger partial charge in [0.05, 0.1) is 0 Å². The van der Waals surface area contributed by atoms with Gasteiger partial charge in [-0.2, -0.15) is 0 Å². The quantitative estimate of drug-likeness (QED) is 0.746. The fourth-order valence-electron chi connectivity index (χ4n) is 3.24. The summed E-state index contributed by atoms with van der Waals surface area (Å²) < 4.78 is 0. The van der Waals surface area contributed by atoms with Gasteiger partial charge in [0.15, 0.2) is 0 Å². The standard InChI is InChI=1S/C14H27N/c1-12-6-8-14(9-7-12)11-15-10-13-4-2-3-5-13/h12-15H,2-11H2,1H3. The molecular weight excluding hydrogens is 182 g/mol. The maximum absolute atomic E-state index is 3.71. The molecule has 0 aromatic heterocycles. The molecule has 0 saturated heterocycles. The fourth-order valence-corrected chi connectivity index (χ4v) is 3.24. The van der Waals surface area contributed by atoms with Gasteiger partial charge in [0.1, 0.15) is 0 Å². The molecule has 88 valence electrons. The summed E-state index contributed by atoms with van der Waals surface area (Å²) >= 11 is 0. The van der Waals surface area contributed by atoms with Crippen molar-refractivity contribution in [3.8, 4) is 0 Å². The summed E-state index contributed by atoms with van der Waals surface area (Å²) in [5.41, 5.74) is 0. The van der Waals surface area contributed by atoms with Crippen LogP contribution in [0, 0.1) is 17.8 Å². The zero-order valence-corrected chi connectivity index (χ0v) is 10.3. The van der Waals surface area contributed by atoms with E-state index >= 15 is 0 Å². The van der Waals surface area contributed by atoms with Crippen molar-refractivity contribution in [3.63, 3.8) is 0 Å². The van der Waals surface area contributed by atoms with Gasteiger partial charge in [-0.15, -0.1) is 0 Å². The zero-order chi connectivity index (χ0) is 10.5. The van der Waals surface area contributed by atoms with E-state index in [-0.39, 0.29) is 0 Å². The molecular formula is C14H27N. The largest absolute Gasteiger partial charge is 0.316 e. The van der Waals surface area contributed by atoms with Crippen molar-refractivity contribution < 1.29 is 0 Å². The Hall–Kier alpha value is -0.0400. The van der Waals surface area contributed by atoms with Crippen molar-refractivity contribution in [2.75, 3.05) is 13.1 Å². The predicted molar refractivity (Wildman–Crippen MR) is 65.9 cm³/mol. The van der Waals surface area contributed by atoms with E-state index in [1.165, 1.54) is 64.5 Å². The van der Waals surface area contributed by atoms with E-state index in [0.29, 0.717) is 0 Å². The summed E-state index contributed by atoms with van der Waals surface area (Å²) in [6.45, 7) is 5.00. The Kier molecular flexibility index (Phi) is 4.49. The van der Waals surface area contributed by atoms with Crippen molar-refractivity contribution >= 4 is 0 Å². The Labute approximate surface area is 95.0 Å². The fraction of sp³-hybridized carbons (Fsp3) is 1.00. The SMILES string of the molecule is CC1CCC(CNCC2CCCC2)CC1. The maximum atomic E-state index is 3.71. The van der Waals surface area contributed by atoms with Crippen LogP contribution < -0.4 is 5.32 Å². The van der Waals surface area contributed by atoms with E-state index in [2.05, 4.69) is 12.2 Å². The molecule has 0 unspecified atom stereocenters. The molecule has 0 amide bonds. The minimum Gasteiger partial charge on any atom is -0.316 e. The summed E-state index contributed by atoms with van der Waals surface area (Å²) in [5.74, 6) is 2.99. The summed E-state index contributed by atoms with van der Waals surface area (Å²) in [5, 5.41) is 3.71. The number of hydrogen-bond donors (Lipinski definition) is 1. The number of hydrogen-bond acceptors (Lipinski definition) is 1. The summed E-state index contributed by atoms with van der Waals surface area (Å²) in [6.07, 6.45) is 11.8. The minimum atomic E-state index is 0.989. The molecule has 0 aromatic rings. The van der Waals surface area contributed by atoms with Crippen LogP contribution in [0.5, 0.6) is 0 Å². The monoisotopic (exact) mass is 209 g/mol. The lowest BCUT2D eigenvalue weighted by atomic mass is 9.83. The molecule has 2 fully saturated rings. The summed E-state index contributed by atoms with van der Waals surface area (Å²) in [7, 11) is 0. The third-order valence-corrected chi connectivity index (χ3v) is 4.48. The number of rotatable bonds is 4. The lowest BCUT2D eigenvalue weighted by molar-refractivity contribution is 0.277. The molecule has 2 saturated carbocycles. The lowest BCUT2D eigenvalue weighted by Crippen LogP contribution is -2.29. The van der Waals surface area contributed by atoms with Crippen LogP contribution in [0.4, 0.5) is 0 Å². The highest BCUT2D eigenvalue weighted by atomic mass is 14.9. The number of nitrogens with one attached hydrogen (secondary N) is 1. The summed E-state index contributed by atoms with van der Waals surface area (Å²) in [6, 6.07) is 0. The Morgan fingerprint density at radius 2 is 1.33 bits per heavy atom. The van der Waals surface area contributed by atoms with Gasteiger partial charge in [-0.25, -0.2) is 0 Å². The van der Waals surface area contributed by atoms with E-state index in [0.717, 1.165) is 17.8 Å². The molecule has 1 N–H and O–H groups in total. The third kappa shape index (κ3) is 3.79. The highest BCUT2D eigenvalue weighted by Crippen LogP contribution is 2.28. The molecule has 0 spiro atoms. The van der Waals surface area contributed by atoms with Crippen LogP contribution in [0.25, 0.3) is 0 Å². The van der Waals surface area contributed by atoms with Crippen LogP contribution in [0.15, 0.2) is 0 Å². The van der Waals surface area contributed by atoms with Gasteiger partial charge >= 0.3 is 0 Å². The molecule has 0 heterocycles. The van der Waals surface area contributed by atoms with E-state index in [4.69, 9.17) is 0 Å². The van der Waals surface area contributed by atoms with Crippen LogP contribution in [-0.4, -0.2) is 13.1 Å². The van der Waals surface area contributed by atoms with Crippen molar-refractivity contribution in [1.29, 1.82) is 0 Å². The first-order valence-electron chi connectivity index (χ1n) is 7.05. The highest BCUT2D eigenvalue weighted by Gasteiger charge is 2.19. The van der Waals surface area contributed by atoms with E-state index < -0.39 is 0 Å². The average molecular weight is 209 g/mol. The van der Waals surface area contributed by atoms with Crippen LogP contribution in [0.2, 0.25) is 0 Å². The predicted octanol–water partition coefficient (Wildman–Crippen LogP) is 3.59. The van der Waals surface area contributed by atoms with Crippen molar-refractivity contribution in [2.24, 2.45) is 17.8 Å². The van der Waals surface area contributed by atoms with Crippen molar-refractivity contribution in [1.82, 2.24) is 5.32 Å². The van der Waals surface area contributed by atoms with Crippen LogP contribution in [0.3, 0.4) is 0 Å². The lowest BCUT2D eigenvalue weighted by Gasteiger charge is -2.26. The molecule has 1 nitrogen and oxygen atoms in total. The molecule has 1 heteroatoms. The molecule has 0 atom stereocenters. The van der Waals surface area contributed by atoms with E-state index in [1.54, 1.807) is 0 Å². The van der Waals surface area contributed by atoms with Crippen molar-refractivity contribution in [2.45, 2.75) is 58.3 Å². The molecule has 15 heavy (non-hydrogen) atoms. The molecule has 0 bridgehead atoms. The van der Waals surface area contributed by atoms with Crippen LogP contribution in [0.1, 0.15) is 58.3 Å². The first-order valence-corrected chi connectivity index (χ1v) is 7.05. The van der Waals surface area contributed by atoms with E-state index in [9.17, 15) is 0 Å². The Bertz CT molecular complexity index is 164. The van der Waals surface area contributed by atoms with Crippen molar-refractivity contribution in [3.05, 3.63) is 0 Å². The van der Waals surface area contributed by atoms with Gasteiger partial charge in [-0.05, 0) is 56.5 Å². The second-order valence-electron chi connectivity index (χ2n) is 5.93. The third-order valence-electron chi connectivity index (χ3n) is 4.48. The van der Waals surface area contributed by atoms with Crippen LogP contribution in [-0.2, 0) is 0 Å². The first-order chi connectivity index (χ1) is 7.34. The Balaban J connectivity index is 1.53. The average Bonchev–Trinajstić information content (AvgIpc) is 2.74. The van der Waals surface area contributed by atoms with Gasteiger partial charge < -0.3 is 5.32 Å². The van der Waals surface area contributed by atoms with Gasteiger partial charge in [0, 0.05) is 0 Å². The molecule has 2 aliphatic rings. The van der Waals surface area contributed by atoms with Crippen LogP contribution >= 0.6 is 0 Å². The normalized spacial score (nSPS) is 33.4. The second kappa shape index (κ2) is 5.89. The maximum Gasteiger partial charge on any atom is -0.00204 e.